The molecular formula is C19H25N3O5. The van der Waals surface area contributed by atoms with Crippen molar-refractivity contribution >= 4 is 17.6 Å². The molecule has 1 aromatic carbocycles. The number of benzene rings is 1. The Labute approximate surface area is 158 Å². The molecule has 0 atom stereocenters. The highest BCUT2D eigenvalue weighted by Gasteiger charge is 2.18. The minimum Gasteiger partial charge on any atom is -0.490 e. The van der Waals surface area contributed by atoms with Crippen molar-refractivity contribution in [1.29, 1.82) is 0 Å². The monoisotopic (exact) mass is 375 g/mol. The Morgan fingerprint density at radius 3 is 2.52 bits per heavy atom. The second kappa shape index (κ2) is 9.61. The van der Waals surface area contributed by atoms with Crippen molar-refractivity contribution in [1.82, 2.24) is 10.2 Å². The van der Waals surface area contributed by atoms with E-state index in [9.17, 15) is 9.59 Å². The molecule has 0 radical (unpaired) electrons. The number of rotatable bonds is 9. The van der Waals surface area contributed by atoms with E-state index in [4.69, 9.17) is 14.2 Å². The van der Waals surface area contributed by atoms with Gasteiger partial charge in [0, 0.05) is 11.8 Å². The maximum Gasteiger partial charge on any atom is 0.342 e. The maximum atomic E-state index is 12.1. The number of hydrogen-bond donors (Lipinski definition) is 2. The SMILES string of the molecule is CCOc1ccc(NC(=O)COC(=O)c2cn[nH]c2C(C)C)cc1OCC. The first-order valence-corrected chi connectivity index (χ1v) is 8.86. The van der Waals surface area contributed by atoms with Crippen molar-refractivity contribution in [2.24, 2.45) is 0 Å². The Balaban J connectivity index is 1.96. The largest absolute Gasteiger partial charge is 0.490 e. The van der Waals surface area contributed by atoms with E-state index in [1.54, 1.807) is 18.2 Å². The quantitative estimate of drug-likeness (QED) is 0.653. The van der Waals surface area contributed by atoms with Gasteiger partial charge in [-0.2, -0.15) is 5.10 Å². The molecule has 0 aliphatic heterocycles. The molecule has 27 heavy (non-hydrogen) atoms. The van der Waals surface area contributed by atoms with E-state index in [-0.39, 0.29) is 5.92 Å². The summed E-state index contributed by atoms with van der Waals surface area (Å²) in [6, 6.07) is 5.08. The van der Waals surface area contributed by atoms with E-state index >= 15 is 0 Å². The van der Waals surface area contributed by atoms with Gasteiger partial charge in [0.1, 0.15) is 5.56 Å². The molecule has 2 aromatic rings. The third-order valence-electron chi connectivity index (χ3n) is 3.63. The van der Waals surface area contributed by atoms with Gasteiger partial charge in [-0.3, -0.25) is 9.89 Å². The predicted molar refractivity (Wildman–Crippen MR) is 100 cm³/mol. The van der Waals surface area contributed by atoms with Crippen molar-refractivity contribution in [3.63, 3.8) is 0 Å². The first-order chi connectivity index (χ1) is 13.0. The average molecular weight is 375 g/mol. The third kappa shape index (κ3) is 5.47. The normalized spacial score (nSPS) is 10.6. The highest BCUT2D eigenvalue weighted by atomic mass is 16.5. The van der Waals surface area contributed by atoms with E-state index in [2.05, 4.69) is 15.5 Å². The van der Waals surface area contributed by atoms with Gasteiger partial charge < -0.3 is 19.5 Å². The summed E-state index contributed by atoms with van der Waals surface area (Å²) in [7, 11) is 0. The number of amides is 1. The van der Waals surface area contributed by atoms with Crippen molar-refractivity contribution in [2.75, 3.05) is 25.1 Å². The summed E-state index contributed by atoms with van der Waals surface area (Å²) >= 11 is 0. The number of H-pyrrole nitrogens is 1. The molecule has 2 rings (SSSR count). The van der Waals surface area contributed by atoms with Crippen LogP contribution < -0.4 is 14.8 Å². The zero-order valence-corrected chi connectivity index (χ0v) is 16.0. The van der Waals surface area contributed by atoms with Crippen LogP contribution in [0.15, 0.2) is 24.4 Å². The Morgan fingerprint density at radius 1 is 1.15 bits per heavy atom. The second-order valence-electron chi connectivity index (χ2n) is 6.00. The molecule has 0 fully saturated rings. The number of carbonyl (C=O) groups excluding carboxylic acids is 2. The van der Waals surface area contributed by atoms with Gasteiger partial charge in [0.2, 0.25) is 0 Å². The van der Waals surface area contributed by atoms with Crippen LogP contribution in [0, 0.1) is 0 Å². The van der Waals surface area contributed by atoms with Crippen LogP contribution in [0.25, 0.3) is 0 Å². The predicted octanol–water partition coefficient (Wildman–Crippen LogP) is 3.13. The number of ether oxygens (including phenoxy) is 3. The fourth-order valence-electron chi connectivity index (χ4n) is 2.43. The van der Waals surface area contributed by atoms with Gasteiger partial charge in [-0.25, -0.2) is 4.79 Å². The summed E-state index contributed by atoms with van der Waals surface area (Å²) in [5.74, 6) is 0.178. The summed E-state index contributed by atoms with van der Waals surface area (Å²) < 4.78 is 16.1. The van der Waals surface area contributed by atoms with Crippen molar-refractivity contribution in [2.45, 2.75) is 33.6 Å². The van der Waals surface area contributed by atoms with Gasteiger partial charge >= 0.3 is 5.97 Å². The van der Waals surface area contributed by atoms with Gasteiger partial charge in [0.25, 0.3) is 5.91 Å². The highest BCUT2D eigenvalue weighted by molar-refractivity contribution is 5.96. The van der Waals surface area contributed by atoms with E-state index in [1.807, 2.05) is 27.7 Å². The highest BCUT2D eigenvalue weighted by Crippen LogP contribution is 2.30. The third-order valence-corrected chi connectivity index (χ3v) is 3.63. The molecule has 0 saturated heterocycles. The summed E-state index contributed by atoms with van der Waals surface area (Å²) in [6.07, 6.45) is 1.40. The van der Waals surface area contributed by atoms with Gasteiger partial charge in [0.05, 0.1) is 25.1 Å². The van der Waals surface area contributed by atoms with Gasteiger partial charge in [-0.05, 0) is 31.9 Å². The maximum absolute atomic E-state index is 12.1. The van der Waals surface area contributed by atoms with Crippen LogP contribution in [-0.4, -0.2) is 41.9 Å². The molecule has 8 heteroatoms. The zero-order chi connectivity index (χ0) is 19.8. The Kier molecular flexibility index (Phi) is 7.22. The molecular weight excluding hydrogens is 350 g/mol. The van der Waals surface area contributed by atoms with E-state index in [0.717, 1.165) is 0 Å². The molecule has 0 spiro atoms. The number of anilines is 1. The standard InChI is InChI=1S/C19H25N3O5/c1-5-25-15-8-7-13(9-16(15)26-6-2)21-17(23)11-27-19(24)14-10-20-22-18(14)12(3)4/h7-10,12H,5-6,11H2,1-4H3,(H,20,22)(H,21,23). The molecule has 0 saturated carbocycles. The minimum absolute atomic E-state index is 0.0877. The van der Waals surface area contributed by atoms with Crippen LogP contribution >= 0.6 is 0 Å². The fraction of sp³-hybridized carbons (Fsp3) is 0.421. The Morgan fingerprint density at radius 2 is 1.85 bits per heavy atom. The van der Waals surface area contributed by atoms with Crippen LogP contribution in [-0.2, 0) is 9.53 Å². The number of aromatic amines is 1. The molecule has 0 aliphatic carbocycles. The molecule has 2 N–H and O–H groups in total. The molecule has 0 bridgehead atoms. The van der Waals surface area contributed by atoms with Crippen LogP contribution in [0.2, 0.25) is 0 Å². The van der Waals surface area contributed by atoms with E-state index in [1.165, 1.54) is 6.20 Å². The second-order valence-corrected chi connectivity index (χ2v) is 6.00. The van der Waals surface area contributed by atoms with Gasteiger partial charge in [-0.1, -0.05) is 13.8 Å². The number of hydrogen-bond acceptors (Lipinski definition) is 6. The van der Waals surface area contributed by atoms with Crippen LogP contribution in [0.1, 0.15) is 49.7 Å². The summed E-state index contributed by atoms with van der Waals surface area (Å²) in [5, 5.41) is 9.30. The van der Waals surface area contributed by atoms with Gasteiger partial charge in [0.15, 0.2) is 18.1 Å². The molecule has 1 heterocycles. The lowest BCUT2D eigenvalue weighted by molar-refractivity contribution is -0.119. The Hall–Kier alpha value is -3.03. The first-order valence-electron chi connectivity index (χ1n) is 8.86. The molecule has 146 valence electrons. The van der Waals surface area contributed by atoms with Crippen LogP contribution in [0.5, 0.6) is 11.5 Å². The fourth-order valence-corrected chi connectivity index (χ4v) is 2.43. The number of nitrogens with zero attached hydrogens (tertiary/aromatic N) is 1. The zero-order valence-electron chi connectivity index (χ0n) is 16.0. The average Bonchev–Trinajstić information content (AvgIpc) is 3.12. The molecule has 1 amide bonds. The van der Waals surface area contributed by atoms with Crippen LogP contribution in [0.3, 0.4) is 0 Å². The van der Waals surface area contributed by atoms with Crippen LogP contribution in [0.4, 0.5) is 5.69 Å². The first kappa shape index (κ1) is 20.3. The smallest absolute Gasteiger partial charge is 0.342 e. The lowest BCUT2D eigenvalue weighted by atomic mass is 10.1. The number of aromatic nitrogens is 2. The molecule has 0 aliphatic rings. The molecule has 8 nitrogen and oxygen atoms in total. The summed E-state index contributed by atoms with van der Waals surface area (Å²) in [6.45, 7) is 8.18. The topological polar surface area (TPSA) is 103 Å². The molecule has 1 aromatic heterocycles. The van der Waals surface area contributed by atoms with Crippen molar-refractivity contribution in [3.05, 3.63) is 35.7 Å². The Bertz CT molecular complexity index is 785. The van der Waals surface area contributed by atoms with E-state index in [0.29, 0.717) is 41.7 Å². The van der Waals surface area contributed by atoms with Crippen molar-refractivity contribution in [3.8, 4) is 11.5 Å². The summed E-state index contributed by atoms with van der Waals surface area (Å²) in [4.78, 5) is 24.2. The lowest BCUT2D eigenvalue weighted by Crippen LogP contribution is -2.21. The number of esters is 1. The summed E-state index contributed by atoms with van der Waals surface area (Å²) in [5.41, 5.74) is 1.53. The van der Waals surface area contributed by atoms with Gasteiger partial charge in [-0.15, -0.1) is 0 Å². The molecule has 0 unspecified atom stereocenters. The number of carbonyl (C=O) groups is 2. The minimum atomic E-state index is -0.593. The van der Waals surface area contributed by atoms with E-state index < -0.39 is 18.5 Å². The number of nitrogens with one attached hydrogen (secondary N) is 2. The van der Waals surface area contributed by atoms with Crippen molar-refractivity contribution < 1.29 is 23.8 Å². The lowest BCUT2D eigenvalue weighted by Gasteiger charge is -2.13.